The summed E-state index contributed by atoms with van der Waals surface area (Å²) in [6.45, 7) is 9.45. The fourth-order valence-electron chi connectivity index (χ4n) is 2.93. The molecule has 1 aromatic rings. The third kappa shape index (κ3) is 5.73. The zero-order chi connectivity index (χ0) is 18.4. The largest absolute Gasteiger partial charge is 0.368 e. The maximum absolute atomic E-state index is 12.5. The zero-order valence-electron chi connectivity index (χ0n) is 15.8. The predicted octanol–water partition coefficient (Wildman–Crippen LogP) is 2.35. The number of hydrogen-bond acceptors (Lipinski definition) is 4. The average Bonchev–Trinajstić information content (AvgIpc) is 3.00. The summed E-state index contributed by atoms with van der Waals surface area (Å²) < 4.78 is 0. The highest BCUT2D eigenvalue weighted by Gasteiger charge is 2.28. The van der Waals surface area contributed by atoms with Crippen molar-refractivity contribution in [3.8, 4) is 0 Å². The molecule has 2 rings (SSSR count). The molecular weight excluding hydrogens is 316 g/mol. The fourth-order valence-corrected chi connectivity index (χ4v) is 2.93. The Bertz CT molecular complexity index is 610. The predicted molar refractivity (Wildman–Crippen MR) is 99.3 cm³/mol. The summed E-state index contributed by atoms with van der Waals surface area (Å²) in [7, 11) is 0. The van der Waals surface area contributed by atoms with Crippen molar-refractivity contribution in [1.29, 1.82) is 0 Å². The minimum Gasteiger partial charge on any atom is -0.368 e. The lowest BCUT2D eigenvalue weighted by Crippen LogP contribution is -2.42. The molecule has 0 aromatic carbocycles. The SMILES string of the molecule is Cc1cccc(NC[C@H]2CCCN2C(=O)CCNC(=O)C(C)(C)C)n1. The standard InChI is InChI=1S/C19H30N4O2/c1-14-7-5-9-16(22-14)21-13-15-8-6-12-23(15)17(24)10-11-20-18(25)19(2,3)4/h5,7,9,15H,6,8,10-13H2,1-4H3,(H,20,25)(H,21,22)/t15-/m1/s1. The molecule has 1 aliphatic heterocycles. The van der Waals surface area contributed by atoms with Crippen molar-refractivity contribution in [1.82, 2.24) is 15.2 Å². The van der Waals surface area contributed by atoms with Gasteiger partial charge in [0.1, 0.15) is 5.82 Å². The van der Waals surface area contributed by atoms with Gasteiger partial charge in [-0.2, -0.15) is 0 Å². The van der Waals surface area contributed by atoms with E-state index in [0.717, 1.165) is 30.9 Å². The molecule has 0 aliphatic carbocycles. The number of carbonyl (C=O) groups excluding carboxylic acids is 2. The molecule has 6 nitrogen and oxygen atoms in total. The minimum atomic E-state index is -0.427. The van der Waals surface area contributed by atoms with Crippen molar-refractivity contribution < 1.29 is 9.59 Å². The van der Waals surface area contributed by atoms with Crippen LogP contribution in [0.15, 0.2) is 18.2 Å². The van der Waals surface area contributed by atoms with Gasteiger partial charge in [0.25, 0.3) is 0 Å². The van der Waals surface area contributed by atoms with Crippen LogP contribution >= 0.6 is 0 Å². The highest BCUT2D eigenvalue weighted by Crippen LogP contribution is 2.19. The van der Waals surface area contributed by atoms with E-state index in [4.69, 9.17) is 0 Å². The number of aromatic nitrogens is 1. The monoisotopic (exact) mass is 346 g/mol. The van der Waals surface area contributed by atoms with Crippen molar-refractivity contribution in [3.05, 3.63) is 23.9 Å². The van der Waals surface area contributed by atoms with E-state index in [1.807, 2.05) is 50.8 Å². The van der Waals surface area contributed by atoms with Crippen LogP contribution in [0.2, 0.25) is 0 Å². The molecule has 1 aliphatic rings. The number of likely N-dealkylation sites (tertiary alicyclic amines) is 1. The molecule has 1 fully saturated rings. The van der Waals surface area contributed by atoms with Gasteiger partial charge in [0.15, 0.2) is 0 Å². The Morgan fingerprint density at radius 3 is 2.76 bits per heavy atom. The second-order valence-corrected chi connectivity index (χ2v) is 7.68. The van der Waals surface area contributed by atoms with Gasteiger partial charge in [-0.15, -0.1) is 0 Å². The lowest BCUT2D eigenvalue weighted by Gasteiger charge is -2.25. The van der Waals surface area contributed by atoms with Gasteiger partial charge in [-0.25, -0.2) is 4.98 Å². The number of anilines is 1. The Balaban J connectivity index is 1.79. The summed E-state index contributed by atoms with van der Waals surface area (Å²) in [5.41, 5.74) is 0.545. The fraction of sp³-hybridized carbons (Fsp3) is 0.632. The number of carbonyl (C=O) groups is 2. The molecule has 138 valence electrons. The van der Waals surface area contributed by atoms with Crippen LogP contribution in [-0.4, -0.2) is 47.4 Å². The molecule has 2 heterocycles. The number of hydrogen-bond donors (Lipinski definition) is 2. The molecule has 0 bridgehead atoms. The Morgan fingerprint density at radius 2 is 2.08 bits per heavy atom. The Kier molecular flexibility index (Phi) is 6.39. The third-order valence-electron chi connectivity index (χ3n) is 4.41. The summed E-state index contributed by atoms with van der Waals surface area (Å²) in [5, 5.41) is 6.18. The first-order chi connectivity index (χ1) is 11.8. The van der Waals surface area contributed by atoms with Gasteiger partial charge >= 0.3 is 0 Å². The van der Waals surface area contributed by atoms with Crippen LogP contribution < -0.4 is 10.6 Å². The zero-order valence-corrected chi connectivity index (χ0v) is 15.8. The van der Waals surface area contributed by atoms with Gasteiger partial charge in [-0.1, -0.05) is 26.8 Å². The first-order valence-electron chi connectivity index (χ1n) is 9.02. The van der Waals surface area contributed by atoms with E-state index in [9.17, 15) is 9.59 Å². The topological polar surface area (TPSA) is 74.3 Å². The first-order valence-corrected chi connectivity index (χ1v) is 9.02. The highest BCUT2D eigenvalue weighted by molar-refractivity contribution is 5.82. The van der Waals surface area contributed by atoms with E-state index in [1.54, 1.807) is 0 Å². The minimum absolute atomic E-state index is 0.0227. The summed E-state index contributed by atoms with van der Waals surface area (Å²) in [6.07, 6.45) is 2.37. The van der Waals surface area contributed by atoms with Crippen molar-refractivity contribution >= 4 is 17.6 Å². The van der Waals surface area contributed by atoms with Crippen LogP contribution in [0, 0.1) is 12.3 Å². The molecule has 1 atom stereocenters. The molecule has 25 heavy (non-hydrogen) atoms. The number of rotatable bonds is 6. The molecule has 2 amide bonds. The second kappa shape index (κ2) is 8.32. The summed E-state index contributed by atoms with van der Waals surface area (Å²) >= 11 is 0. The number of amides is 2. The number of aryl methyl sites for hydroxylation is 1. The molecule has 1 saturated heterocycles. The third-order valence-corrected chi connectivity index (χ3v) is 4.41. The molecule has 0 saturated carbocycles. The smallest absolute Gasteiger partial charge is 0.225 e. The Labute approximate surface area is 150 Å². The van der Waals surface area contributed by atoms with Crippen molar-refractivity contribution in [2.75, 3.05) is 25.0 Å². The van der Waals surface area contributed by atoms with Gasteiger partial charge < -0.3 is 15.5 Å². The summed E-state index contributed by atoms with van der Waals surface area (Å²) in [4.78, 5) is 30.7. The molecule has 0 unspecified atom stereocenters. The summed E-state index contributed by atoms with van der Waals surface area (Å²) in [5.74, 6) is 0.929. The quantitative estimate of drug-likeness (QED) is 0.829. The van der Waals surface area contributed by atoms with Gasteiger partial charge in [0.2, 0.25) is 11.8 Å². The van der Waals surface area contributed by atoms with Crippen LogP contribution in [0.3, 0.4) is 0 Å². The molecule has 6 heteroatoms. The van der Waals surface area contributed by atoms with E-state index in [-0.39, 0.29) is 17.9 Å². The lowest BCUT2D eigenvalue weighted by molar-refractivity contribution is -0.132. The maximum atomic E-state index is 12.5. The number of nitrogens with one attached hydrogen (secondary N) is 2. The van der Waals surface area contributed by atoms with Crippen LogP contribution in [0.25, 0.3) is 0 Å². The van der Waals surface area contributed by atoms with Gasteiger partial charge in [0.05, 0.1) is 0 Å². The Hall–Kier alpha value is -2.11. The van der Waals surface area contributed by atoms with E-state index in [2.05, 4.69) is 15.6 Å². The van der Waals surface area contributed by atoms with E-state index in [1.165, 1.54) is 0 Å². The van der Waals surface area contributed by atoms with E-state index >= 15 is 0 Å². The van der Waals surface area contributed by atoms with Crippen LogP contribution in [0.5, 0.6) is 0 Å². The highest BCUT2D eigenvalue weighted by atomic mass is 16.2. The molecule has 0 spiro atoms. The molecular formula is C19H30N4O2. The van der Waals surface area contributed by atoms with Crippen LogP contribution in [0.4, 0.5) is 5.82 Å². The van der Waals surface area contributed by atoms with Crippen molar-refractivity contribution in [2.24, 2.45) is 5.41 Å². The average molecular weight is 346 g/mol. The van der Waals surface area contributed by atoms with Crippen LogP contribution in [0.1, 0.15) is 45.7 Å². The molecule has 0 radical (unpaired) electrons. The molecule has 1 aromatic heterocycles. The van der Waals surface area contributed by atoms with Crippen LogP contribution in [-0.2, 0) is 9.59 Å². The van der Waals surface area contributed by atoms with Gasteiger partial charge in [0, 0.05) is 43.2 Å². The lowest BCUT2D eigenvalue weighted by atomic mass is 9.96. The number of nitrogens with zero attached hydrogens (tertiary/aromatic N) is 2. The van der Waals surface area contributed by atoms with E-state index in [0.29, 0.717) is 19.5 Å². The second-order valence-electron chi connectivity index (χ2n) is 7.68. The van der Waals surface area contributed by atoms with E-state index < -0.39 is 5.41 Å². The first kappa shape index (κ1) is 19.2. The van der Waals surface area contributed by atoms with Gasteiger partial charge in [-0.05, 0) is 31.9 Å². The molecule has 2 N–H and O–H groups in total. The van der Waals surface area contributed by atoms with Crippen molar-refractivity contribution in [3.63, 3.8) is 0 Å². The van der Waals surface area contributed by atoms with Gasteiger partial charge in [-0.3, -0.25) is 9.59 Å². The summed E-state index contributed by atoms with van der Waals surface area (Å²) in [6, 6.07) is 6.06. The number of pyridine rings is 1. The van der Waals surface area contributed by atoms with Crippen molar-refractivity contribution in [2.45, 2.75) is 53.0 Å². The maximum Gasteiger partial charge on any atom is 0.225 e. The Morgan fingerprint density at radius 1 is 1.32 bits per heavy atom. The normalized spacial score (nSPS) is 17.4.